The average Bonchev–Trinajstić information content (AvgIpc) is 3.17. The van der Waals surface area contributed by atoms with Gasteiger partial charge in [-0.2, -0.15) is 0 Å². The molecule has 4 rings (SSSR count). The maximum atomic E-state index is 12.9. The molecule has 1 aliphatic rings. The number of aromatic nitrogens is 3. The minimum absolute atomic E-state index is 0.0324. The summed E-state index contributed by atoms with van der Waals surface area (Å²) in [5, 5.41) is 8.65. The molecule has 152 valence electrons. The molecule has 2 aromatic heterocycles. The molecule has 29 heavy (non-hydrogen) atoms. The molecule has 0 bridgehead atoms. The number of hydrogen-bond donors (Lipinski definition) is 3. The highest BCUT2D eigenvalue weighted by atomic mass is 35.5. The van der Waals surface area contributed by atoms with Gasteiger partial charge >= 0.3 is 0 Å². The zero-order valence-corrected chi connectivity index (χ0v) is 17.5. The van der Waals surface area contributed by atoms with Crippen LogP contribution in [0.25, 0.3) is 11.0 Å². The van der Waals surface area contributed by atoms with Gasteiger partial charge < -0.3 is 20.5 Å². The molecule has 0 radical (unpaired) electrons. The third-order valence-electron chi connectivity index (χ3n) is 5.29. The summed E-state index contributed by atoms with van der Waals surface area (Å²) in [5.74, 6) is 0.823. The number of likely N-dealkylation sites (tertiary alicyclic amines) is 1. The molecule has 2 atom stereocenters. The van der Waals surface area contributed by atoms with Crippen molar-refractivity contribution in [2.24, 2.45) is 0 Å². The lowest BCUT2D eigenvalue weighted by molar-refractivity contribution is -0.132. The Labute approximate surface area is 178 Å². The molecule has 0 unspecified atom stereocenters. The molecule has 9 heteroatoms. The molecule has 3 heterocycles. The Morgan fingerprint density at radius 2 is 2.07 bits per heavy atom. The fraction of sp³-hybridized carbons (Fsp3) is 0.350. The van der Waals surface area contributed by atoms with Gasteiger partial charge in [-0.05, 0) is 44.0 Å². The minimum Gasteiger partial charge on any atom is -0.376 e. The number of piperidine rings is 1. The van der Waals surface area contributed by atoms with Gasteiger partial charge in [-0.3, -0.25) is 4.79 Å². The summed E-state index contributed by atoms with van der Waals surface area (Å²) < 4.78 is 0. The van der Waals surface area contributed by atoms with Crippen molar-refractivity contribution in [1.29, 1.82) is 0 Å². The number of fused-ring (bicyclic) bond motifs is 1. The SMILES string of the molecule is C[C@H]1[C@@H](Nc2ncnc3[nH]ccc23)CCCN1C(=O)CNc1cc(Cl)cc(Cl)c1. The van der Waals surface area contributed by atoms with E-state index in [4.69, 9.17) is 23.2 Å². The number of nitrogens with one attached hydrogen (secondary N) is 3. The fourth-order valence-electron chi connectivity index (χ4n) is 3.79. The van der Waals surface area contributed by atoms with Crippen LogP contribution in [0.4, 0.5) is 11.5 Å². The predicted octanol–water partition coefficient (Wildman–Crippen LogP) is 4.17. The van der Waals surface area contributed by atoms with Crippen LogP contribution in [0.3, 0.4) is 0 Å². The van der Waals surface area contributed by atoms with E-state index in [1.165, 1.54) is 6.33 Å². The highest BCUT2D eigenvalue weighted by Gasteiger charge is 2.31. The van der Waals surface area contributed by atoms with E-state index < -0.39 is 0 Å². The van der Waals surface area contributed by atoms with Crippen LogP contribution in [0.5, 0.6) is 0 Å². The second-order valence-electron chi connectivity index (χ2n) is 7.19. The number of nitrogens with zero attached hydrogens (tertiary/aromatic N) is 3. The molecule has 0 spiro atoms. The van der Waals surface area contributed by atoms with Crippen LogP contribution in [-0.4, -0.2) is 50.9 Å². The molecule has 1 fully saturated rings. The van der Waals surface area contributed by atoms with E-state index in [0.29, 0.717) is 10.0 Å². The molecule has 1 aliphatic heterocycles. The van der Waals surface area contributed by atoms with Crippen LogP contribution in [0.15, 0.2) is 36.8 Å². The van der Waals surface area contributed by atoms with Gasteiger partial charge in [0.2, 0.25) is 5.91 Å². The number of amides is 1. The number of aromatic amines is 1. The Morgan fingerprint density at radius 3 is 2.86 bits per heavy atom. The van der Waals surface area contributed by atoms with Crippen LogP contribution in [-0.2, 0) is 4.79 Å². The summed E-state index contributed by atoms with van der Waals surface area (Å²) in [4.78, 5) is 26.5. The van der Waals surface area contributed by atoms with Gasteiger partial charge in [0.25, 0.3) is 0 Å². The van der Waals surface area contributed by atoms with Gasteiger partial charge in [-0.25, -0.2) is 9.97 Å². The van der Waals surface area contributed by atoms with Crippen molar-refractivity contribution in [2.75, 3.05) is 23.7 Å². The average molecular weight is 433 g/mol. The third-order valence-corrected chi connectivity index (χ3v) is 5.73. The monoisotopic (exact) mass is 432 g/mol. The molecule has 1 amide bonds. The zero-order valence-electron chi connectivity index (χ0n) is 16.0. The van der Waals surface area contributed by atoms with Crippen molar-refractivity contribution in [1.82, 2.24) is 19.9 Å². The van der Waals surface area contributed by atoms with Crippen LogP contribution < -0.4 is 10.6 Å². The highest BCUT2D eigenvalue weighted by molar-refractivity contribution is 6.35. The maximum absolute atomic E-state index is 12.9. The number of carbonyl (C=O) groups is 1. The van der Waals surface area contributed by atoms with Crippen LogP contribution in [0, 0.1) is 0 Å². The van der Waals surface area contributed by atoms with Crippen LogP contribution in [0.2, 0.25) is 10.0 Å². The van der Waals surface area contributed by atoms with Crippen molar-refractivity contribution < 1.29 is 4.79 Å². The fourth-order valence-corrected chi connectivity index (χ4v) is 4.31. The Kier molecular flexibility index (Phi) is 5.78. The molecule has 0 aliphatic carbocycles. The number of halogens is 2. The number of anilines is 2. The standard InChI is InChI=1S/C20H22Cl2N6O/c1-12-17(27-20-16-4-5-23-19(16)25-11-26-20)3-2-6-28(12)18(29)10-24-15-8-13(21)7-14(22)9-15/h4-5,7-9,11-12,17,24H,2-3,6,10H2,1H3,(H2,23,25,26,27)/t12-,17-/m0/s1. The molecular weight excluding hydrogens is 411 g/mol. The normalized spacial score (nSPS) is 19.3. The summed E-state index contributed by atoms with van der Waals surface area (Å²) in [5.41, 5.74) is 1.52. The number of carbonyl (C=O) groups excluding carboxylic acids is 1. The summed E-state index contributed by atoms with van der Waals surface area (Å²) in [6.45, 7) is 2.99. The number of H-pyrrole nitrogens is 1. The van der Waals surface area contributed by atoms with E-state index in [2.05, 4.69) is 32.5 Å². The molecule has 3 aromatic rings. The van der Waals surface area contributed by atoms with Crippen molar-refractivity contribution in [3.05, 3.63) is 46.8 Å². The summed E-state index contributed by atoms with van der Waals surface area (Å²) in [6.07, 6.45) is 5.28. The van der Waals surface area contributed by atoms with Gasteiger partial charge in [-0.15, -0.1) is 0 Å². The van der Waals surface area contributed by atoms with Gasteiger partial charge in [0.1, 0.15) is 17.8 Å². The lowest BCUT2D eigenvalue weighted by Gasteiger charge is -2.40. The zero-order chi connectivity index (χ0) is 20.4. The number of benzene rings is 1. The number of rotatable bonds is 5. The van der Waals surface area contributed by atoms with Gasteiger partial charge in [0.05, 0.1) is 11.9 Å². The first-order valence-corrected chi connectivity index (χ1v) is 10.3. The van der Waals surface area contributed by atoms with E-state index in [1.807, 2.05) is 17.2 Å². The Bertz CT molecular complexity index is 1000. The smallest absolute Gasteiger partial charge is 0.242 e. The highest BCUT2D eigenvalue weighted by Crippen LogP contribution is 2.25. The summed E-state index contributed by atoms with van der Waals surface area (Å²) in [7, 11) is 0. The second-order valence-corrected chi connectivity index (χ2v) is 8.07. The molecule has 7 nitrogen and oxygen atoms in total. The molecule has 3 N–H and O–H groups in total. The van der Waals surface area contributed by atoms with E-state index >= 15 is 0 Å². The Morgan fingerprint density at radius 1 is 1.28 bits per heavy atom. The lowest BCUT2D eigenvalue weighted by atomic mass is 9.97. The first kappa shape index (κ1) is 19.8. The van der Waals surface area contributed by atoms with Crippen molar-refractivity contribution in [2.45, 2.75) is 31.8 Å². The van der Waals surface area contributed by atoms with Crippen LogP contribution >= 0.6 is 23.2 Å². The molecule has 1 aromatic carbocycles. The lowest BCUT2D eigenvalue weighted by Crippen LogP contribution is -2.53. The van der Waals surface area contributed by atoms with Crippen molar-refractivity contribution in [3.8, 4) is 0 Å². The molecular formula is C20H22Cl2N6O. The first-order valence-electron chi connectivity index (χ1n) is 9.55. The third kappa shape index (κ3) is 4.41. The molecule has 1 saturated heterocycles. The van der Waals surface area contributed by atoms with E-state index in [1.54, 1.807) is 18.2 Å². The maximum Gasteiger partial charge on any atom is 0.242 e. The van der Waals surface area contributed by atoms with E-state index in [9.17, 15) is 4.79 Å². The predicted molar refractivity (Wildman–Crippen MR) is 117 cm³/mol. The first-order chi connectivity index (χ1) is 14.0. The quantitative estimate of drug-likeness (QED) is 0.563. The second kappa shape index (κ2) is 8.47. The largest absolute Gasteiger partial charge is 0.376 e. The van der Waals surface area contributed by atoms with E-state index in [0.717, 1.165) is 41.9 Å². The van der Waals surface area contributed by atoms with Crippen molar-refractivity contribution >= 4 is 51.6 Å². The van der Waals surface area contributed by atoms with Gasteiger partial charge in [0, 0.05) is 40.6 Å². The van der Waals surface area contributed by atoms with E-state index in [-0.39, 0.29) is 24.5 Å². The molecule has 0 saturated carbocycles. The van der Waals surface area contributed by atoms with Crippen LogP contribution in [0.1, 0.15) is 19.8 Å². The summed E-state index contributed by atoms with van der Waals surface area (Å²) in [6, 6.07) is 7.26. The minimum atomic E-state index is 0.0324. The Hall–Kier alpha value is -2.51. The van der Waals surface area contributed by atoms with Crippen molar-refractivity contribution in [3.63, 3.8) is 0 Å². The summed E-state index contributed by atoms with van der Waals surface area (Å²) >= 11 is 12.1. The van der Waals surface area contributed by atoms with Gasteiger partial charge in [0.15, 0.2) is 0 Å². The topological polar surface area (TPSA) is 85.9 Å². The number of hydrogen-bond acceptors (Lipinski definition) is 5. The Balaban J connectivity index is 1.41. The van der Waals surface area contributed by atoms with Gasteiger partial charge in [-0.1, -0.05) is 23.2 Å².